The van der Waals surface area contributed by atoms with Crippen molar-refractivity contribution < 1.29 is 27.6 Å². The number of halogens is 2. The number of furan rings is 1. The van der Waals surface area contributed by atoms with Crippen LogP contribution in [0.4, 0.5) is 8.78 Å². The Hall–Kier alpha value is -0.915. The maximum absolute atomic E-state index is 13.3. The van der Waals surface area contributed by atoms with E-state index in [-0.39, 0.29) is 5.66 Å². The van der Waals surface area contributed by atoms with Gasteiger partial charge in [0.1, 0.15) is 12.3 Å². The van der Waals surface area contributed by atoms with Gasteiger partial charge >= 0.3 is 13.0 Å². The van der Waals surface area contributed by atoms with E-state index in [1.165, 1.54) is 6.07 Å². The summed E-state index contributed by atoms with van der Waals surface area (Å²) in [5.41, 5.74) is -0.962. The monoisotopic (exact) mass is 274 g/mol. The Bertz CT molecular complexity index is 454. The minimum absolute atomic E-state index is 0.168. The van der Waals surface area contributed by atoms with E-state index in [2.05, 4.69) is 0 Å². The zero-order chi connectivity index (χ0) is 14.5. The Morgan fingerprint density at radius 1 is 1.16 bits per heavy atom. The van der Waals surface area contributed by atoms with Crippen molar-refractivity contribution in [2.24, 2.45) is 0 Å². The molecule has 1 saturated heterocycles. The first-order valence-electron chi connectivity index (χ1n) is 6.04. The SMILES string of the molecule is CC1(C)OB(c2ccc(C(F)(F)CO)o2)OC1(C)C. The zero-order valence-corrected chi connectivity index (χ0v) is 11.4. The number of aliphatic hydroxyl groups is 1. The second-order valence-corrected chi connectivity index (χ2v) is 5.65. The highest BCUT2D eigenvalue weighted by atomic mass is 19.3. The lowest BCUT2D eigenvalue weighted by Crippen LogP contribution is -2.41. The molecule has 0 aliphatic carbocycles. The summed E-state index contributed by atoms with van der Waals surface area (Å²) < 4.78 is 43.0. The van der Waals surface area contributed by atoms with Gasteiger partial charge in [-0.05, 0) is 39.8 Å². The molecule has 1 N–H and O–H groups in total. The van der Waals surface area contributed by atoms with Gasteiger partial charge in [-0.1, -0.05) is 0 Å². The summed E-state index contributed by atoms with van der Waals surface area (Å²) in [5, 5.41) is 8.62. The summed E-state index contributed by atoms with van der Waals surface area (Å²) in [5.74, 6) is -4.00. The maximum Gasteiger partial charge on any atom is 0.532 e. The van der Waals surface area contributed by atoms with Gasteiger partial charge in [-0.3, -0.25) is 0 Å². The molecule has 1 aliphatic rings. The summed E-state index contributed by atoms with van der Waals surface area (Å²) in [4.78, 5) is 0. The van der Waals surface area contributed by atoms with Crippen LogP contribution in [0.3, 0.4) is 0 Å². The molecule has 106 valence electrons. The fourth-order valence-corrected chi connectivity index (χ4v) is 1.71. The topological polar surface area (TPSA) is 51.8 Å². The summed E-state index contributed by atoms with van der Waals surface area (Å²) in [6, 6.07) is 2.50. The quantitative estimate of drug-likeness (QED) is 0.852. The minimum Gasteiger partial charge on any atom is -0.463 e. The molecule has 2 rings (SSSR count). The predicted molar refractivity (Wildman–Crippen MR) is 65.4 cm³/mol. The fourth-order valence-electron chi connectivity index (χ4n) is 1.71. The van der Waals surface area contributed by atoms with E-state index in [1.807, 2.05) is 27.7 Å². The molecule has 1 aromatic heterocycles. The predicted octanol–water partition coefficient (Wildman–Crippen LogP) is 1.66. The Labute approximate surface area is 110 Å². The number of alkyl halides is 2. The van der Waals surface area contributed by atoms with Crippen molar-refractivity contribution in [3.63, 3.8) is 0 Å². The molecule has 0 saturated carbocycles. The van der Waals surface area contributed by atoms with Gasteiger partial charge in [0, 0.05) is 0 Å². The molecule has 1 fully saturated rings. The molecule has 1 aromatic rings. The van der Waals surface area contributed by atoms with Gasteiger partial charge in [-0.15, -0.1) is 0 Å². The normalized spacial score (nSPS) is 21.9. The van der Waals surface area contributed by atoms with E-state index in [0.717, 1.165) is 6.07 Å². The van der Waals surface area contributed by atoms with Gasteiger partial charge < -0.3 is 18.8 Å². The molecule has 0 spiro atoms. The number of rotatable bonds is 3. The third-order valence-electron chi connectivity index (χ3n) is 3.67. The molecule has 0 unspecified atom stereocenters. The number of hydrogen-bond acceptors (Lipinski definition) is 4. The van der Waals surface area contributed by atoms with Gasteiger partial charge in [0.15, 0.2) is 5.76 Å². The Balaban J connectivity index is 2.22. The fraction of sp³-hybridized carbons (Fsp3) is 0.667. The second kappa shape index (κ2) is 4.29. The van der Waals surface area contributed by atoms with Crippen molar-refractivity contribution in [2.75, 3.05) is 6.61 Å². The van der Waals surface area contributed by atoms with Crippen LogP contribution in [0.25, 0.3) is 0 Å². The van der Waals surface area contributed by atoms with Crippen LogP contribution in [-0.2, 0) is 15.2 Å². The highest BCUT2D eigenvalue weighted by molar-refractivity contribution is 6.60. The van der Waals surface area contributed by atoms with E-state index in [1.54, 1.807) is 0 Å². The van der Waals surface area contributed by atoms with Crippen LogP contribution in [-0.4, -0.2) is 30.0 Å². The van der Waals surface area contributed by atoms with Crippen LogP contribution in [0.2, 0.25) is 0 Å². The first-order valence-corrected chi connectivity index (χ1v) is 6.04. The summed E-state index contributed by atoms with van der Waals surface area (Å²) >= 11 is 0. The molecule has 0 radical (unpaired) electrons. The van der Waals surface area contributed by atoms with E-state index < -0.39 is 36.6 Å². The van der Waals surface area contributed by atoms with Crippen molar-refractivity contribution >= 4 is 12.8 Å². The lowest BCUT2D eigenvalue weighted by Gasteiger charge is -2.32. The average molecular weight is 274 g/mol. The molecular weight excluding hydrogens is 257 g/mol. The minimum atomic E-state index is -3.40. The van der Waals surface area contributed by atoms with Crippen LogP contribution in [0.15, 0.2) is 16.5 Å². The zero-order valence-electron chi connectivity index (χ0n) is 11.4. The van der Waals surface area contributed by atoms with Crippen LogP contribution >= 0.6 is 0 Å². The summed E-state index contributed by atoms with van der Waals surface area (Å²) in [6.07, 6.45) is 0. The smallest absolute Gasteiger partial charge is 0.463 e. The van der Waals surface area contributed by atoms with Gasteiger partial charge in [-0.25, -0.2) is 0 Å². The van der Waals surface area contributed by atoms with Crippen molar-refractivity contribution in [3.05, 3.63) is 17.9 Å². The molecule has 0 bridgehead atoms. The highest BCUT2D eigenvalue weighted by Gasteiger charge is 2.53. The summed E-state index contributed by atoms with van der Waals surface area (Å²) in [7, 11) is -0.826. The van der Waals surface area contributed by atoms with Crippen LogP contribution < -0.4 is 5.66 Å². The standard InChI is InChI=1S/C12H17BF2O4/c1-10(2)11(3,4)19-13(18-10)9-6-5-8(17-9)12(14,15)7-16/h5-6,16H,7H2,1-4H3. The Kier molecular flexibility index (Phi) is 3.28. The molecule has 4 nitrogen and oxygen atoms in total. The first kappa shape index (κ1) is 14.5. The van der Waals surface area contributed by atoms with E-state index in [0.29, 0.717) is 0 Å². The molecular formula is C12H17BF2O4. The van der Waals surface area contributed by atoms with Gasteiger partial charge in [-0.2, -0.15) is 8.78 Å². The first-order chi connectivity index (χ1) is 8.59. The van der Waals surface area contributed by atoms with E-state index in [4.69, 9.17) is 18.8 Å². The third kappa shape index (κ3) is 2.42. The van der Waals surface area contributed by atoms with Crippen molar-refractivity contribution in [3.8, 4) is 0 Å². The lowest BCUT2D eigenvalue weighted by atomic mass is 9.86. The lowest BCUT2D eigenvalue weighted by molar-refractivity contribution is -0.0716. The van der Waals surface area contributed by atoms with E-state index in [9.17, 15) is 8.78 Å². The van der Waals surface area contributed by atoms with Crippen molar-refractivity contribution in [2.45, 2.75) is 44.8 Å². The molecule has 0 amide bonds. The third-order valence-corrected chi connectivity index (χ3v) is 3.67. The summed E-state index contributed by atoms with van der Waals surface area (Å²) in [6.45, 7) is 6.14. The molecule has 7 heteroatoms. The van der Waals surface area contributed by atoms with Gasteiger partial charge in [0.25, 0.3) is 0 Å². The molecule has 1 aliphatic heterocycles. The number of aliphatic hydroxyl groups excluding tert-OH is 1. The van der Waals surface area contributed by atoms with Crippen LogP contribution in [0, 0.1) is 0 Å². The number of hydrogen-bond donors (Lipinski definition) is 1. The van der Waals surface area contributed by atoms with Crippen molar-refractivity contribution in [1.82, 2.24) is 0 Å². The van der Waals surface area contributed by atoms with E-state index >= 15 is 0 Å². The van der Waals surface area contributed by atoms with Crippen LogP contribution in [0.1, 0.15) is 33.5 Å². The van der Waals surface area contributed by atoms with Gasteiger partial charge in [0.05, 0.1) is 11.2 Å². The van der Waals surface area contributed by atoms with Crippen LogP contribution in [0.5, 0.6) is 0 Å². The largest absolute Gasteiger partial charge is 0.532 e. The Morgan fingerprint density at radius 3 is 2.16 bits per heavy atom. The highest BCUT2D eigenvalue weighted by Crippen LogP contribution is 2.37. The second-order valence-electron chi connectivity index (χ2n) is 5.65. The maximum atomic E-state index is 13.3. The molecule has 0 atom stereocenters. The molecule has 0 aromatic carbocycles. The Morgan fingerprint density at radius 2 is 1.68 bits per heavy atom. The van der Waals surface area contributed by atoms with Crippen molar-refractivity contribution in [1.29, 1.82) is 0 Å². The van der Waals surface area contributed by atoms with Gasteiger partial charge in [0.2, 0.25) is 0 Å². The molecule has 19 heavy (non-hydrogen) atoms. The molecule has 2 heterocycles. The average Bonchev–Trinajstić information content (AvgIpc) is 2.83.